The average molecular weight is 354 g/mol. The Kier molecular flexibility index (Phi) is 4.54. The van der Waals surface area contributed by atoms with Crippen LogP contribution in [0.15, 0.2) is 30.5 Å². The van der Waals surface area contributed by atoms with Crippen molar-refractivity contribution >= 4 is 17.6 Å². The first-order valence-electron chi connectivity index (χ1n) is 7.86. The summed E-state index contributed by atoms with van der Waals surface area (Å²) in [5.74, 6) is -1.49. The Morgan fingerprint density at radius 1 is 1.35 bits per heavy atom. The van der Waals surface area contributed by atoms with Crippen molar-refractivity contribution in [3.63, 3.8) is 0 Å². The Balaban J connectivity index is 1.66. The predicted octanol–water partition coefficient (Wildman–Crippen LogP) is 2.68. The van der Waals surface area contributed by atoms with Gasteiger partial charge in [0.15, 0.2) is 5.78 Å². The van der Waals surface area contributed by atoms with Gasteiger partial charge in [-0.25, -0.2) is 14.2 Å². The molecule has 132 valence electrons. The van der Waals surface area contributed by atoms with E-state index in [1.165, 1.54) is 31.3 Å². The van der Waals surface area contributed by atoms with Gasteiger partial charge >= 0.3 is 6.03 Å². The molecular formula is C18H15FN4O3. The highest BCUT2D eigenvalue weighted by molar-refractivity contribution is 5.97. The van der Waals surface area contributed by atoms with Crippen LogP contribution in [0.4, 0.5) is 15.0 Å². The number of urea groups is 1. The topological polar surface area (TPSA) is 115 Å². The molecule has 26 heavy (non-hydrogen) atoms. The molecule has 0 radical (unpaired) electrons. The van der Waals surface area contributed by atoms with Crippen LogP contribution >= 0.6 is 0 Å². The molecule has 1 aliphatic rings. The summed E-state index contributed by atoms with van der Waals surface area (Å²) < 4.78 is 14.1. The molecule has 1 aromatic carbocycles. The van der Waals surface area contributed by atoms with Gasteiger partial charge in [-0.2, -0.15) is 5.26 Å². The van der Waals surface area contributed by atoms with Crippen LogP contribution in [-0.4, -0.2) is 27.9 Å². The number of carbonyl (C=O) groups is 2. The minimum atomic E-state index is -0.615. The van der Waals surface area contributed by atoms with E-state index in [0.717, 1.165) is 6.07 Å². The normalized spacial score (nSPS) is 17.9. The van der Waals surface area contributed by atoms with Crippen LogP contribution in [0.2, 0.25) is 0 Å². The molecule has 0 aliphatic heterocycles. The largest absolute Gasteiger partial charge is 0.507 e. The number of halogens is 1. The number of nitriles is 1. The number of rotatable bonds is 4. The van der Waals surface area contributed by atoms with Crippen molar-refractivity contribution in [2.45, 2.75) is 25.3 Å². The highest BCUT2D eigenvalue weighted by Gasteiger charge is 2.43. The minimum Gasteiger partial charge on any atom is -0.507 e. The quantitative estimate of drug-likeness (QED) is 0.730. The van der Waals surface area contributed by atoms with Crippen molar-refractivity contribution in [1.29, 1.82) is 5.26 Å². The molecule has 1 saturated carbocycles. The highest BCUT2D eigenvalue weighted by atomic mass is 19.1. The van der Waals surface area contributed by atoms with E-state index >= 15 is 0 Å². The zero-order valence-electron chi connectivity index (χ0n) is 13.8. The molecule has 0 unspecified atom stereocenters. The molecule has 2 amide bonds. The lowest BCUT2D eigenvalue weighted by molar-refractivity contribution is 0.101. The lowest BCUT2D eigenvalue weighted by atomic mass is 10.0. The zero-order valence-corrected chi connectivity index (χ0v) is 13.8. The second-order valence-corrected chi connectivity index (χ2v) is 6.00. The van der Waals surface area contributed by atoms with Gasteiger partial charge in [0.25, 0.3) is 0 Å². The number of carbonyl (C=O) groups excluding carboxylic acids is 2. The summed E-state index contributed by atoms with van der Waals surface area (Å²) >= 11 is 0. The van der Waals surface area contributed by atoms with E-state index in [2.05, 4.69) is 15.6 Å². The van der Waals surface area contributed by atoms with Crippen LogP contribution in [0.3, 0.4) is 0 Å². The average Bonchev–Trinajstić information content (AvgIpc) is 3.33. The fourth-order valence-corrected chi connectivity index (χ4v) is 2.75. The minimum absolute atomic E-state index is 0.0412. The first-order valence-corrected chi connectivity index (χ1v) is 7.86. The summed E-state index contributed by atoms with van der Waals surface area (Å²) in [6.07, 6.45) is 1.77. The number of nitrogens with zero attached hydrogens (tertiary/aromatic N) is 2. The third-order valence-electron chi connectivity index (χ3n) is 4.16. The van der Waals surface area contributed by atoms with Crippen molar-refractivity contribution in [3.8, 4) is 11.8 Å². The molecule has 0 saturated heterocycles. The maximum atomic E-state index is 14.1. The number of anilines is 1. The lowest BCUT2D eigenvalue weighted by Crippen LogP contribution is -2.31. The summed E-state index contributed by atoms with van der Waals surface area (Å²) in [5, 5.41) is 24.1. The van der Waals surface area contributed by atoms with Crippen LogP contribution < -0.4 is 10.6 Å². The highest BCUT2D eigenvalue weighted by Crippen LogP contribution is 2.46. The van der Waals surface area contributed by atoms with Crippen LogP contribution in [-0.2, 0) is 0 Å². The number of benzene rings is 1. The number of amides is 2. The second kappa shape index (κ2) is 6.80. The number of hydrogen-bond donors (Lipinski definition) is 3. The SMILES string of the molecule is CC(=O)c1ccc(F)c([C@@H]2C[C@@H]2NC(=O)Nc2ccc(C#N)cn2)c1O. The Labute approximate surface area is 148 Å². The third kappa shape index (κ3) is 3.47. The van der Waals surface area contributed by atoms with E-state index in [1.807, 2.05) is 6.07 Å². The number of phenolic OH excluding ortho intramolecular Hbond substituents is 1. The smallest absolute Gasteiger partial charge is 0.320 e. The maximum Gasteiger partial charge on any atom is 0.320 e. The summed E-state index contributed by atoms with van der Waals surface area (Å²) in [5.41, 5.74) is 0.465. The Hall–Kier alpha value is -3.47. The van der Waals surface area contributed by atoms with Gasteiger partial charge in [0.2, 0.25) is 0 Å². The van der Waals surface area contributed by atoms with E-state index in [0.29, 0.717) is 12.0 Å². The molecule has 3 rings (SSSR count). The number of Topliss-reactive ketones (excluding diaryl/α,β-unsaturated/α-hetero) is 1. The number of pyridine rings is 1. The van der Waals surface area contributed by atoms with Crippen molar-refractivity contribution < 1.29 is 19.1 Å². The van der Waals surface area contributed by atoms with E-state index in [-0.39, 0.29) is 34.5 Å². The summed E-state index contributed by atoms with van der Waals surface area (Å²) in [7, 11) is 0. The van der Waals surface area contributed by atoms with Gasteiger partial charge in [0, 0.05) is 23.7 Å². The number of aromatic nitrogens is 1. The number of nitrogens with one attached hydrogen (secondary N) is 2. The number of hydrogen-bond acceptors (Lipinski definition) is 5. The molecule has 3 N–H and O–H groups in total. The summed E-state index contributed by atoms with van der Waals surface area (Å²) in [4.78, 5) is 27.4. The van der Waals surface area contributed by atoms with Gasteiger partial charge in [-0.15, -0.1) is 0 Å². The van der Waals surface area contributed by atoms with Crippen LogP contribution in [0.5, 0.6) is 5.75 Å². The van der Waals surface area contributed by atoms with Crippen LogP contribution in [0, 0.1) is 17.1 Å². The number of aromatic hydroxyl groups is 1. The zero-order chi connectivity index (χ0) is 18.8. The van der Waals surface area contributed by atoms with E-state index in [1.54, 1.807) is 0 Å². The molecule has 0 spiro atoms. The molecule has 7 nitrogen and oxygen atoms in total. The Morgan fingerprint density at radius 3 is 2.73 bits per heavy atom. The van der Waals surface area contributed by atoms with Gasteiger partial charge in [0.05, 0.1) is 11.1 Å². The van der Waals surface area contributed by atoms with Gasteiger partial charge in [-0.1, -0.05) is 0 Å². The van der Waals surface area contributed by atoms with Crippen LogP contribution in [0.25, 0.3) is 0 Å². The van der Waals surface area contributed by atoms with Gasteiger partial charge in [-0.3, -0.25) is 10.1 Å². The number of phenols is 1. The van der Waals surface area contributed by atoms with E-state index < -0.39 is 17.8 Å². The fourth-order valence-electron chi connectivity index (χ4n) is 2.75. The van der Waals surface area contributed by atoms with E-state index in [4.69, 9.17) is 5.26 Å². The standard InChI is InChI=1S/C18H15FN4O3/c1-9(24)11-3-4-13(19)16(17(11)25)12-6-14(12)22-18(26)23-15-5-2-10(7-20)8-21-15/h2-5,8,12,14,25H,6H2,1H3,(H2,21,22,23,26)/t12-,14+/m1/s1. The predicted molar refractivity (Wildman–Crippen MR) is 90.3 cm³/mol. The molecule has 1 aliphatic carbocycles. The fraction of sp³-hybridized carbons (Fsp3) is 0.222. The molecule has 2 atom stereocenters. The first-order chi connectivity index (χ1) is 12.4. The van der Waals surface area contributed by atoms with Crippen molar-refractivity contribution in [2.75, 3.05) is 5.32 Å². The van der Waals surface area contributed by atoms with Gasteiger partial charge < -0.3 is 10.4 Å². The van der Waals surface area contributed by atoms with Crippen molar-refractivity contribution in [2.24, 2.45) is 0 Å². The Bertz CT molecular complexity index is 921. The molecule has 8 heteroatoms. The first kappa shape index (κ1) is 17.4. The summed E-state index contributed by atoms with van der Waals surface area (Å²) in [6, 6.07) is 6.42. The lowest BCUT2D eigenvalue weighted by Gasteiger charge is -2.10. The van der Waals surface area contributed by atoms with E-state index in [9.17, 15) is 19.1 Å². The van der Waals surface area contributed by atoms with Crippen molar-refractivity contribution in [1.82, 2.24) is 10.3 Å². The van der Waals surface area contributed by atoms with Crippen molar-refractivity contribution in [3.05, 3.63) is 53.0 Å². The van der Waals surface area contributed by atoms with Gasteiger partial charge in [-0.05, 0) is 37.6 Å². The number of ketones is 1. The molecule has 2 aromatic rings. The molecular weight excluding hydrogens is 339 g/mol. The monoisotopic (exact) mass is 354 g/mol. The molecule has 1 aromatic heterocycles. The van der Waals surface area contributed by atoms with Crippen LogP contribution in [0.1, 0.15) is 40.7 Å². The molecule has 0 bridgehead atoms. The molecule has 1 heterocycles. The second-order valence-electron chi connectivity index (χ2n) is 6.00. The maximum absolute atomic E-state index is 14.1. The summed E-state index contributed by atoms with van der Waals surface area (Å²) in [6.45, 7) is 1.29. The van der Waals surface area contributed by atoms with Gasteiger partial charge in [0.1, 0.15) is 23.5 Å². The third-order valence-corrected chi connectivity index (χ3v) is 4.16. The Morgan fingerprint density at radius 2 is 2.12 bits per heavy atom. The molecule has 1 fully saturated rings.